The number of aryl methyl sites for hydroxylation is 2. The summed E-state index contributed by atoms with van der Waals surface area (Å²) in [6, 6.07) is 0.244. The zero-order valence-corrected chi connectivity index (χ0v) is 12.2. The number of hydrogen-bond acceptors (Lipinski definition) is 4. The number of anilines is 2. The van der Waals surface area contributed by atoms with Crippen molar-refractivity contribution in [2.24, 2.45) is 5.92 Å². The van der Waals surface area contributed by atoms with E-state index in [-0.39, 0.29) is 6.04 Å². The first kappa shape index (κ1) is 14.8. The van der Waals surface area contributed by atoms with Crippen molar-refractivity contribution in [1.29, 1.82) is 0 Å². The van der Waals surface area contributed by atoms with Crippen molar-refractivity contribution < 1.29 is 4.74 Å². The highest BCUT2D eigenvalue weighted by atomic mass is 16.5. The highest BCUT2D eigenvalue weighted by molar-refractivity contribution is 5.65. The van der Waals surface area contributed by atoms with Gasteiger partial charge in [-0.05, 0) is 26.7 Å². The maximum absolute atomic E-state index is 6.07. The van der Waals surface area contributed by atoms with Crippen molar-refractivity contribution in [1.82, 2.24) is 9.78 Å². The second-order valence-corrected chi connectivity index (χ2v) is 4.82. The molecule has 1 unspecified atom stereocenters. The number of nitrogens with one attached hydrogen (secondary N) is 1. The van der Waals surface area contributed by atoms with Gasteiger partial charge in [0, 0.05) is 13.2 Å². The molecule has 0 radical (unpaired) electrons. The molecule has 0 bridgehead atoms. The number of nitrogen functional groups attached to an aromatic ring is 1. The highest BCUT2D eigenvalue weighted by Crippen LogP contribution is 2.24. The highest BCUT2D eigenvalue weighted by Gasteiger charge is 2.18. The van der Waals surface area contributed by atoms with Crippen LogP contribution in [-0.4, -0.2) is 29.0 Å². The smallest absolute Gasteiger partial charge is 0.148 e. The van der Waals surface area contributed by atoms with Crippen molar-refractivity contribution in [3.8, 4) is 0 Å². The summed E-state index contributed by atoms with van der Waals surface area (Å²) in [5.41, 5.74) is 7.68. The van der Waals surface area contributed by atoms with E-state index in [9.17, 15) is 0 Å². The van der Waals surface area contributed by atoms with E-state index in [1.54, 1.807) is 0 Å². The van der Waals surface area contributed by atoms with E-state index in [0.29, 0.717) is 12.5 Å². The molecule has 0 aliphatic heterocycles. The molecule has 1 rings (SSSR count). The van der Waals surface area contributed by atoms with Gasteiger partial charge in [-0.3, -0.25) is 0 Å². The summed E-state index contributed by atoms with van der Waals surface area (Å²) in [5, 5.41) is 7.88. The molecule has 0 fully saturated rings. The van der Waals surface area contributed by atoms with E-state index in [1.165, 1.54) is 0 Å². The number of rotatable bonds is 7. The summed E-state index contributed by atoms with van der Waals surface area (Å²) in [6.07, 6.45) is 0. The third kappa shape index (κ3) is 3.38. The maximum atomic E-state index is 6.07. The molecule has 1 heterocycles. The van der Waals surface area contributed by atoms with Crippen LogP contribution in [0.5, 0.6) is 0 Å². The fourth-order valence-corrected chi connectivity index (χ4v) is 1.80. The Balaban J connectivity index is 2.85. The van der Waals surface area contributed by atoms with Gasteiger partial charge in [0.1, 0.15) is 5.82 Å². The van der Waals surface area contributed by atoms with Crippen molar-refractivity contribution in [2.45, 2.75) is 47.2 Å². The normalized spacial score (nSPS) is 13.0. The molecule has 0 aliphatic rings. The van der Waals surface area contributed by atoms with Crippen LogP contribution in [0.25, 0.3) is 0 Å². The molecule has 5 heteroatoms. The Morgan fingerprint density at radius 3 is 2.56 bits per heavy atom. The summed E-state index contributed by atoms with van der Waals surface area (Å²) in [7, 11) is 0. The van der Waals surface area contributed by atoms with Gasteiger partial charge in [0.25, 0.3) is 0 Å². The largest absolute Gasteiger partial charge is 0.394 e. The van der Waals surface area contributed by atoms with E-state index >= 15 is 0 Å². The molecule has 1 atom stereocenters. The molecule has 0 saturated heterocycles. The summed E-state index contributed by atoms with van der Waals surface area (Å²) in [6.45, 7) is 12.6. The lowest BCUT2D eigenvalue weighted by Crippen LogP contribution is -2.32. The Kier molecular flexibility index (Phi) is 5.47. The van der Waals surface area contributed by atoms with Crippen LogP contribution in [-0.2, 0) is 11.3 Å². The Morgan fingerprint density at radius 2 is 2.06 bits per heavy atom. The average Bonchev–Trinajstić information content (AvgIpc) is 2.61. The monoisotopic (exact) mass is 254 g/mol. The Hall–Kier alpha value is -1.23. The average molecular weight is 254 g/mol. The summed E-state index contributed by atoms with van der Waals surface area (Å²) >= 11 is 0. The van der Waals surface area contributed by atoms with Crippen LogP contribution >= 0.6 is 0 Å². The van der Waals surface area contributed by atoms with Gasteiger partial charge in [-0.2, -0.15) is 5.10 Å². The fourth-order valence-electron chi connectivity index (χ4n) is 1.80. The molecule has 3 N–H and O–H groups in total. The van der Waals surface area contributed by atoms with E-state index in [2.05, 4.69) is 31.2 Å². The second-order valence-electron chi connectivity index (χ2n) is 4.82. The maximum Gasteiger partial charge on any atom is 0.148 e. The Bertz CT molecular complexity index is 373. The minimum Gasteiger partial charge on any atom is -0.394 e. The van der Waals surface area contributed by atoms with Crippen molar-refractivity contribution in [3.05, 3.63) is 5.69 Å². The molecule has 0 aromatic carbocycles. The third-order valence-electron chi connectivity index (χ3n) is 3.10. The fraction of sp³-hybridized carbons (Fsp3) is 0.769. The van der Waals surface area contributed by atoms with E-state index in [1.807, 2.05) is 18.5 Å². The molecule has 1 aromatic heterocycles. The SMILES string of the molecule is CCOCC(Nc1c(N)c(C)nn1CC)C(C)C. The van der Waals surface area contributed by atoms with Gasteiger partial charge < -0.3 is 15.8 Å². The lowest BCUT2D eigenvalue weighted by Gasteiger charge is -2.23. The van der Waals surface area contributed by atoms with Crippen LogP contribution < -0.4 is 11.1 Å². The number of hydrogen-bond donors (Lipinski definition) is 2. The number of ether oxygens (including phenoxy) is 1. The van der Waals surface area contributed by atoms with Crippen LogP contribution in [0.3, 0.4) is 0 Å². The quantitative estimate of drug-likeness (QED) is 0.783. The van der Waals surface area contributed by atoms with E-state index < -0.39 is 0 Å². The number of aromatic nitrogens is 2. The number of nitrogens with two attached hydrogens (primary N) is 1. The topological polar surface area (TPSA) is 65.1 Å². The molecule has 0 spiro atoms. The van der Waals surface area contributed by atoms with Crippen LogP contribution in [0.1, 0.15) is 33.4 Å². The van der Waals surface area contributed by atoms with E-state index in [0.717, 1.165) is 30.4 Å². The molecular formula is C13H26N4O. The van der Waals surface area contributed by atoms with Crippen LogP contribution in [0.4, 0.5) is 11.5 Å². The first-order valence-corrected chi connectivity index (χ1v) is 6.68. The van der Waals surface area contributed by atoms with Crippen molar-refractivity contribution in [2.75, 3.05) is 24.3 Å². The molecule has 104 valence electrons. The van der Waals surface area contributed by atoms with Gasteiger partial charge in [-0.15, -0.1) is 0 Å². The van der Waals surface area contributed by atoms with Gasteiger partial charge in [0.15, 0.2) is 0 Å². The molecule has 5 nitrogen and oxygen atoms in total. The predicted molar refractivity (Wildman–Crippen MR) is 75.8 cm³/mol. The summed E-state index contributed by atoms with van der Waals surface area (Å²) in [5.74, 6) is 1.38. The van der Waals surface area contributed by atoms with Gasteiger partial charge in [0.2, 0.25) is 0 Å². The number of nitrogens with zero attached hydrogens (tertiary/aromatic N) is 2. The second kappa shape index (κ2) is 6.64. The van der Waals surface area contributed by atoms with Gasteiger partial charge in [-0.25, -0.2) is 4.68 Å². The Labute approximate surface area is 110 Å². The third-order valence-corrected chi connectivity index (χ3v) is 3.10. The zero-order valence-electron chi connectivity index (χ0n) is 12.2. The van der Waals surface area contributed by atoms with Crippen molar-refractivity contribution >= 4 is 11.5 Å². The lowest BCUT2D eigenvalue weighted by molar-refractivity contribution is 0.126. The molecule has 0 saturated carbocycles. The lowest BCUT2D eigenvalue weighted by atomic mass is 10.1. The Morgan fingerprint density at radius 1 is 1.39 bits per heavy atom. The van der Waals surface area contributed by atoms with Crippen LogP contribution in [0.15, 0.2) is 0 Å². The van der Waals surface area contributed by atoms with Gasteiger partial charge in [-0.1, -0.05) is 13.8 Å². The first-order chi connectivity index (χ1) is 8.51. The molecule has 0 aliphatic carbocycles. The van der Waals surface area contributed by atoms with Gasteiger partial charge in [0.05, 0.1) is 24.0 Å². The minimum absolute atomic E-state index is 0.244. The van der Waals surface area contributed by atoms with Gasteiger partial charge >= 0.3 is 0 Å². The molecule has 18 heavy (non-hydrogen) atoms. The van der Waals surface area contributed by atoms with Crippen molar-refractivity contribution in [3.63, 3.8) is 0 Å². The minimum atomic E-state index is 0.244. The first-order valence-electron chi connectivity index (χ1n) is 6.68. The predicted octanol–water partition coefficient (Wildman–Crippen LogP) is 2.27. The van der Waals surface area contributed by atoms with Crippen LogP contribution in [0, 0.1) is 12.8 Å². The zero-order chi connectivity index (χ0) is 13.7. The molecule has 1 aromatic rings. The molecular weight excluding hydrogens is 228 g/mol. The summed E-state index contributed by atoms with van der Waals surface area (Å²) in [4.78, 5) is 0. The standard InChI is InChI=1S/C13H26N4O/c1-6-17-13(12(14)10(5)16-17)15-11(9(3)4)8-18-7-2/h9,11,15H,6-8,14H2,1-5H3. The van der Waals surface area contributed by atoms with E-state index in [4.69, 9.17) is 10.5 Å². The van der Waals surface area contributed by atoms with Crippen LogP contribution in [0.2, 0.25) is 0 Å². The summed E-state index contributed by atoms with van der Waals surface area (Å²) < 4.78 is 7.43. The molecule has 0 amide bonds.